The van der Waals surface area contributed by atoms with E-state index in [1.165, 1.54) is 0 Å². The molecule has 1 aromatic heterocycles. The Bertz CT molecular complexity index is 459. The molecule has 0 radical (unpaired) electrons. The van der Waals surface area contributed by atoms with Gasteiger partial charge in [0.15, 0.2) is 0 Å². The van der Waals surface area contributed by atoms with Gasteiger partial charge in [0, 0.05) is 20.1 Å². The standard InChI is InChI=1S/C10H18N8O/c1-17(6-7(11)19)9-13-8(16-12)14-10(15-9)18-4-2-3-5-18/h2-6,12H2,1H3,(H2,11,19)(H,13,14,15,16). The largest absolute Gasteiger partial charge is 0.368 e. The van der Waals surface area contributed by atoms with Crippen molar-refractivity contribution in [1.29, 1.82) is 0 Å². The lowest BCUT2D eigenvalue weighted by Gasteiger charge is -2.20. The van der Waals surface area contributed by atoms with E-state index in [-0.39, 0.29) is 12.5 Å². The molecule has 1 saturated heterocycles. The first-order valence-corrected chi connectivity index (χ1v) is 6.07. The van der Waals surface area contributed by atoms with Crippen LogP contribution in [0.3, 0.4) is 0 Å². The lowest BCUT2D eigenvalue weighted by Crippen LogP contribution is -2.33. The van der Waals surface area contributed by atoms with Gasteiger partial charge in [0.1, 0.15) is 0 Å². The fourth-order valence-electron chi connectivity index (χ4n) is 1.95. The first-order chi connectivity index (χ1) is 9.10. The molecule has 2 rings (SSSR count). The van der Waals surface area contributed by atoms with Crippen LogP contribution in [0.2, 0.25) is 0 Å². The first-order valence-electron chi connectivity index (χ1n) is 6.07. The molecule has 0 aliphatic carbocycles. The highest BCUT2D eigenvalue weighted by Gasteiger charge is 2.18. The average Bonchev–Trinajstić information content (AvgIpc) is 2.91. The SMILES string of the molecule is CN(CC(N)=O)c1nc(NN)nc(N2CCCC2)n1. The number of hydrogen-bond donors (Lipinski definition) is 3. The number of amides is 1. The van der Waals surface area contributed by atoms with Crippen LogP contribution in [0, 0.1) is 0 Å². The van der Waals surface area contributed by atoms with Gasteiger partial charge in [-0.15, -0.1) is 0 Å². The maximum atomic E-state index is 10.9. The van der Waals surface area contributed by atoms with Gasteiger partial charge < -0.3 is 15.5 Å². The third-order valence-corrected chi connectivity index (χ3v) is 2.86. The molecule has 0 atom stereocenters. The van der Waals surface area contributed by atoms with Gasteiger partial charge in [0.05, 0.1) is 6.54 Å². The van der Waals surface area contributed by atoms with Crippen LogP contribution in [-0.4, -0.2) is 47.5 Å². The van der Waals surface area contributed by atoms with Crippen molar-refractivity contribution in [2.24, 2.45) is 11.6 Å². The molecule has 1 aliphatic rings. The Kier molecular flexibility index (Phi) is 3.95. The fraction of sp³-hybridized carbons (Fsp3) is 0.600. The van der Waals surface area contributed by atoms with Crippen molar-refractivity contribution in [1.82, 2.24) is 15.0 Å². The Hall–Kier alpha value is -2.16. The Balaban J connectivity index is 2.26. The lowest BCUT2D eigenvalue weighted by molar-refractivity contribution is -0.116. The molecule has 9 nitrogen and oxygen atoms in total. The van der Waals surface area contributed by atoms with Gasteiger partial charge in [-0.3, -0.25) is 10.2 Å². The molecule has 0 saturated carbocycles. The van der Waals surface area contributed by atoms with Crippen LogP contribution in [0.4, 0.5) is 17.8 Å². The molecule has 0 bridgehead atoms. The minimum absolute atomic E-state index is 0.0352. The molecule has 2 heterocycles. The summed E-state index contributed by atoms with van der Waals surface area (Å²) in [6.45, 7) is 1.85. The molecule has 1 fully saturated rings. The van der Waals surface area contributed by atoms with E-state index in [0.717, 1.165) is 25.9 Å². The summed E-state index contributed by atoms with van der Waals surface area (Å²) in [5.41, 5.74) is 7.57. The second kappa shape index (κ2) is 5.65. The van der Waals surface area contributed by atoms with Gasteiger partial charge in [-0.05, 0) is 12.8 Å². The number of aromatic nitrogens is 3. The summed E-state index contributed by atoms with van der Waals surface area (Å²) in [6.07, 6.45) is 2.23. The first kappa shape index (κ1) is 13.3. The molecule has 0 unspecified atom stereocenters. The van der Waals surface area contributed by atoms with Crippen LogP contribution in [0.5, 0.6) is 0 Å². The summed E-state index contributed by atoms with van der Waals surface area (Å²) in [5.74, 6) is 6.10. The number of carbonyl (C=O) groups is 1. The molecule has 0 aromatic carbocycles. The summed E-state index contributed by atoms with van der Waals surface area (Å²) in [6, 6.07) is 0. The zero-order valence-electron chi connectivity index (χ0n) is 10.8. The number of anilines is 3. The van der Waals surface area contributed by atoms with Crippen LogP contribution in [-0.2, 0) is 4.79 Å². The Morgan fingerprint density at radius 3 is 2.63 bits per heavy atom. The van der Waals surface area contributed by atoms with E-state index >= 15 is 0 Å². The minimum atomic E-state index is -0.451. The summed E-state index contributed by atoms with van der Waals surface area (Å²) >= 11 is 0. The van der Waals surface area contributed by atoms with Gasteiger partial charge in [0.2, 0.25) is 23.8 Å². The molecular weight excluding hydrogens is 248 g/mol. The molecule has 1 amide bonds. The van der Waals surface area contributed by atoms with Crippen LogP contribution >= 0.6 is 0 Å². The van der Waals surface area contributed by atoms with E-state index in [0.29, 0.717) is 11.9 Å². The third kappa shape index (κ3) is 3.19. The van der Waals surface area contributed by atoms with Crippen LogP contribution < -0.4 is 26.8 Å². The zero-order chi connectivity index (χ0) is 13.8. The monoisotopic (exact) mass is 266 g/mol. The fourth-order valence-corrected chi connectivity index (χ4v) is 1.95. The molecule has 104 valence electrons. The maximum Gasteiger partial charge on any atom is 0.243 e. The van der Waals surface area contributed by atoms with Crippen LogP contribution in [0.15, 0.2) is 0 Å². The number of likely N-dealkylation sites (N-methyl/N-ethyl adjacent to an activating group) is 1. The van der Waals surface area contributed by atoms with Crippen LogP contribution in [0.1, 0.15) is 12.8 Å². The zero-order valence-corrected chi connectivity index (χ0v) is 10.8. The maximum absolute atomic E-state index is 10.9. The van der Waals surface area contributed by atoms with Crippen molar-refractivity contribution in [3.8, 4) is 0 Å². The van der Waals surface area contributed by atoms with E-state index < -0.39 is 5.91 Å². The Labute approximate surface area is 111 Å². The molecule has 5 N–H and O–H groups in total. The number of carbonyl (C=O) groups excluding carboxylic acids is 1. The number of nitrogens with zero attached hydrogens (tertiary/aromatic N) is 5. The molecular formula is C10H18N8O. The highest BCUT2D eigenvalue weighted by molar-refractivity contribution is 5.78. The highest BCUT2D eigenvalue weighted by atomic mass is 16.1. The van der Waals surface area contributed by atoms with Gasteiger partial charge in [0.25, 0.3) is 0 Å². The minimum Gasteiger partial charge on any atom is -0.368 e. The summed E-state index contributed by atoms with van der Waals surface area (Å²) < 4.78 is 0. The van der Waals surface area contributed by atoms with Crippen LogP contribution in [0.25, 0.3) is 0 Å². The van der Waals surface area contributed by atoms with Gasteiger partial charge >= 0.3 is 0 Å². The number of hydrogen-bond acceptors (Lipinski definition) is 8. The normalized spacial score (nSPS) is 14.5. The number of nitrogens with two attached hydrogens (primary N) is 2. The van der Waals surface area contributed by atoms with E-state index in [1.807, 2.05) is 0 Å². The number of rotatable bonds is 5. The topological polar surface area (TPSA) is 126 Å². The lowest BCUT2D eigenvalue weighted by atomic mass is 10.4. The molecule has 1 aliphatic heterocycles. The smallest absolute Gasteiger partial charge is 0.243 e. The predicted octanol–water partition coefficient (Wildman–Crippen LogP) is -1.32. The Morgan fingerprint density at radius 1 is 1.37 bits per heavy atom. The molecule has 1 aromatic rings. The van der Waals surface area contributed by atoms with Crippen molar-refractivity contribution < 1.29 is 4.79 Å². The van der Waals surface area contributed by atoms with Crippen molar-refractivity contribution >= 4 is 23.8 Å². The predicted molar refractivity (Wildman–Crippen MR) is 71.5 cm³/mol. The average molecular weight is 266 g/mol. The van der Waals surface area contributed by atoms with Gasteiger partial charge in [-0.25, -0.2) is 5.84 Å². The molecule has 0 spiro atoms. The van der Waals surface area contributed by atoms with E-state index in [4.69, 9.17) is 11.6 Å². The van der Waals surface area contributed by atoms with Crippen molar-refractivity contribution in [3.63, 3.8) is 0 Å². The van der Waals surface area contributed by atoms with Crippen molar-refractivity contribution in [2.75, 3.05) is 41.9 Å². The molecule has 9 heteroatoms. The number of primary amides is 1. The number of hydrazine groups is 1. The summed E-state index contributed by atoms with van der Waals surface area (Å²) in [4.78, 5) is 27.2. The van der Waals surface area contributed by atoms with Crippen molar-refractivity contribution in [2.45, 2.75) is 12.8 Å². The van der Waals surface area contributed by atoms with Crippen molar-refractivity contribution in [3.05, 3.63) is 0 Å². The quantitative estimate of drug-likeness (QED) is 0.442. The Morgan fingerprint density at radius 2 is 2.05 bits per heavy atom. The van der Waals surface area contributed by atoms with E-state index in [9.17, 15) is 4.79 Å². The third-order valence-electron chi connectivity index (χ3n) is 2.86. The molecule has 19 heavy (non-hydrogen) atoms. The number of nitrogen functional groups attached to an aromatic ring is 1. The highest BCUT2D eigenvalue weighted by Crippen LogP contribution is 2.19. The second-order valence-corrected chi connectivity index (χ2v) is 4.42. The second-order valence-electron chi connectivity index (χ2n) is 4.42. The number of nitrogens with one attached hydrogen (secondary N) is 1. The summed E-state index contributed by atoms with van der Waals surface area (Å²) in [5, 5.41) is 0. The van der Waals surface area contributed by atoms with E-state index in [1.54, 1.807) is 11.9 Å². The summed E-state index contributed by atoms with van der Waals surface area (Å²) in [7, 11) is 1.69. The van der Waals surface area contributed by atoms with Gasteiger partial charge in [-0.2, -0.15) is 15.0 Å². The van der Waals surface area contributed by atoms with Gasteiger partial charge in [-0.1, -0.05) is 0 Å². The van der Waals surface area contributed by atoms with E-state index in [2.05, 4.69) is 25.3 Å².